The van der Waals surface area contributed by atoms with E-state index in [0.717, 1.165) is 54.1 Å². The van der Waals surface area contributed by atoms with Crippen LogP contribution in [0.4, 0.5) is 5.82 Å². The van der Waals surface area contributed by atoms with Crippen molar-refractivity contribution in [3.8, 4) is 5.75 Å². The molecule has 0 unspecified atom stereocenters. The fourth-order valence-corrected chi connectivity index (χ4v) is 5.30. The van der Waals surface area contributed by atoms with Gasteiger partial charge in [0.05, 0.1) is 12.0 Å². The van der Waals surface area contributed by atoms with E-state index in [1.807, 2.05) is 36.2 Å². The molecule has 32 heavy (non-hydrogen) atoms. The van der Waals surface area contributed by atoms with Crippen LogP contribution in [0.1, 0.15) is 29.7 Å². The first-order valence-electron chi connectivity index (χ1n) is 11.0. The van der Waals surface area contributed by atoms with E-state index in [1.165, 1.54) is 10.4 Å². The number of aryl methyl sites for hydroxylation is 2. The van der Waals surface area contributed by atoms with Crippen LogP contribution in [0, 0.1) is 19.8 Å². The number of ether oxygens (including phenoxy) is 1. The van der Waals surface area contributed by atoms with E-state index in [4.69, 9.17) is 16.3 Å². The summed E-state index contributed by atoms with van der Waals surface area (Å²) in [4.78, 5) is 28.5. The Morgan fingerprint density at radius 3 is 2.66 bits per heavy atom. The van der Waals surface area contributed by atoms with Crippen molar-refractivity contribution in [1.29, 1.82) is 0 Å². The largest absolute Gasteiger partial charge is 0.494 e. The number of piperidine rings is 1. The predicted octanol–water partition coefficient (Wildman–Crippen LogP) is 5.11. The number of benzene rings is 1. The van der Waals surface area contributed by atoms with Crippen LogP contribution < -0.4 is 9.64 Å². The molecule has 1 amide bonds. The summed E-state index contributed by atoms with van der Waals surface area (Å²) < 4.78 is 5.73. The molecule has 170 valence electrons. The number of fused-ring (bicyclic) bond motifs is 1. The first kappa shape index (κ1) is 22.8. The zero-order valence-corrected chi connectivity index (χ0v) is 20.4. The fourth-order valence-electron chi connectivity index (χ4n) is 4.19. The molecular weight excluding hydrogens is 444 g/mol. The van der Waals surface area contributed by atoms with Crippen LogP contribution in [0.3, 0.4) is 0 Å². The summed E-state index contributed by atoms with van der Waals surface area (Å²) in [6, 6.07) is 7.34. The van der Waals surface area contributed by atoms with Gasteiger partial charge in [0.2, 0.25) is 5.91 Å². The van der Waals surface area contributed by atoms with E-state index in [-0.39, 0.29) is 11.8 Å². The van der Waals surface area contributed by atoms with Crippen molar-refractivity contribution in [2.75, 3.05) is 38.2 Å². The van der Waals surface area contributed by atoms with Crippen molar-refractivity contribution in [3.63, 3.8) is 0 Å². The molecule has 1 aliphatic heterocycles. The first-order valence-corrected chi connectivity index (χ1v) is 12.2. The smallest absolute Gasteiger partial charge is 0.225 e. The van der Waals surface area contributed by atoms with Gasteiger partial charge in [-0.1, -0.05) is 11.6 Å². The Bertz CT molecular complexity index is 1080. The second-order valence-corrected chi connectivity index (χ2v) is 9.98. The Kier molecular flexibility index (Phi) is 7.16. The van der Waals surface area contributed by atoms with E-state index in [0.29, 0.717) is 18.2 Å². The number of carbonyl (C=O) groups is 1. The highest BCUT2D eigenvalue weighted by atomic mass is 35.5. The lowest BCUT2D eigenvalue weighted by Crippen LogP contribution is -2.42. The molecule has 0 radical (unpaired) electrons. The number of rotatable bonds is 7. The van der Waals surface area contributed by atoms with Crippen molar-refractivity contribution in [3.05, 3.63) is 46.1 Å². The van der Waals surface area contributed by atoms with Gasteiger partial charge in [-0.2, -0.15) is 0 Å². The second kappa shape index (κ2) is 10.0. The van der Waals surface area contributed by atoms with Gasteiger partial charge in [0.25, 0.3) is 0 Å². The molecule has 3 heterocycles. The zero-order valence-electron chi connectivity index (χ0n) is 18.8. The lowest BCUT2D eigenvalue weighted by Gasteiger charge is -2.34. The molecule has 1 saturated heterocycles. The van der Waals surface area contributed by atoms with E-state index < -0.39 is 0 Å². The summed E-state index contributed by atoms with van der Waals surface area (Å²) in [5.41, 5.74) is 1.26. The lowest BCUT2D eigenvalue weighted by atomic mass is 9.95. The topological polar surface area (TPSA) is 58.6 Å². The van der Waals surface area contributed by atoms with Gasteiger partial charge in [0.1, 0.15) is 22.7 Å². The summed E-state index contributed by atoms with van der Waals surface area (Å²) in [5.74, 6) is 2.10. The van der Waals surface area contributed by atoms with E-state index in [2.05, 4.69) is 28.7 Å². The number of amides is 1. The van der Waals surface area contributed by atoms with E-state index in [9.17, 15) is 4.79 Å². The van der Waals surface area contributed by atoms with Crippen molar-refractivity contribution >= 4 is 44.9 Å². The number of aromatic nitrogens is 2. The molecule has 4 rings (SSSR count). The number of hydrogen-bond donors (Lipinski definition) is 0. The van der Waals surface area contributed by atoms with Crippen LogP contribution in [0.15, 0.2) is 30.6 Å². The monoisotopic (exact) mass is 472 g/mol. The highest BCUT2D eigenvalue weighted by Crippen LogP contribution is 2.35. The van der Waals surface area contributed by atoms with Gasteiger partial charge >= 0.3 is 0 Å². The molecular formula is C24H29ClN4O2S. The minimum atomic E-state index is 0.0658. The predicted molar refractivity (Wildman–Crippen MR) is 131 cm³/mol. The van der Waals surface area contributed by atoms with Crippen LogP contribution in [-0.2, 0) is 4.79 Å². The van der Waals surface area contributed by atoms with Crippen molar-refractivity contribution in [2.45, 2.75) is 33.1 Å². The maximum absolute atomic E-state index is 12.9. The number of halogens is 1. The molecule has 1 aliphatic rings. The Morgan fingerprint density at radius 1 is 1.22 bits per heavy atom. The van der Waals surface area contributed by atoms with Gasteiger partial charge in [0, 0.05) is 42.5 Å². The van der Waals surface area contributed by atoms with Crippen LogP contribution >= 0.6 is 22.9 Å². The number of carbonyl (C=O) groups excluding carboxylic acids is 1. The molecule has 2 aromatic heterocycles. The molecule has 1 fully saturated rings. The molecule has 0 spiro atoms. The summed E-state index contributed by atoms with van der Waals surface area (Å²) in [6.45, 7) is 7.21. The average Bonchev–Trinajstić information content (AvgIpc) is 3.11. The fraction of sp³-hybridized carbons (Fsp3) is 0.458. The maximum atomic E-state index is 12.9. The third-order valence-electron chi connectivity index (χ3n) is 6.19. The van der Waals surface area contributed by atoms with Crippen molar-refractivity contribution in [1.82, 2.24) is 14.9 Å². The molecule has 0 atom stereocenters. The van der Waals surface area contributed by atoms with Crippen LogP contribution in [0.5, 0.6) is 5.75 Å². The number of thiophene rings is 1. The summed E-state index contributed by atoms with van der Waals surface area (Å²) in [5, 5.41) is 1.86. The Balaban J connectivity index is 1.26. The van der Waals surface area contributed by atoms with Crippen molar-refractivity contribution in [2.24, 2.45) is 5.92 Å². The van der Waals surface area contributed by atoms with Gasteiger partial charge in [-0.05, 0) is 62.9 Å². The Labute approximate surface area is 198 Å². The summed E-state index contributed by atoms with van der Waals surface area (Å²) in [6.07, 6.45) is 4.14. The van der Waals surface area contributed by atoms with Crippen LogP contribution in [0.2, 0.25) is 5.02 Å². The number of hydrogen-bond acceptors (Lipinski definition) is 6. The second-order valence-electron chi connectivity index (χ2n) is 8.34. The van der Waals surface area contributed by atoms with Crippen LogP contribution in [-0.4, -0.2) is 54.1 Å². The SMILES string of the molecule is Cc1sc2ncnc(N3CCC(C(=O)N(C)CCCOc4ccc(Cl)cc4)CC3)c2c1C. The highest BCUT2D eigenvalue weighted by molar-refractivity contribution is 7.18. The summed E-state index contributed by atoms with van der Waals surface area (Å²) in [7, 11) is 1.89. The molecule has 0 saturated carbocycles. The van der Waals surface area contributed by atoms with Gasteiger partial charge in [-0.25, -0.2) is 9.97 Å². The van der Waals surface area contributed by atoms with Gasteiger partial charge in [-0.15, -0.1) is 11.3 Å². The third-order valence-corrected chi connectivity index (χ3v) is 7.55. The third kappa shape index (κ3) is 4.99. The minimum Gasteiger partial charge on any atom is -0.494 e. The highest BCUT2D eigenvalue weighted by Gasteiger charge is 2.29. The molecule has 0 bridgehead atoms. The molecule has 3 aromatic rings. The van der Waals surface area contributed by atoms with Crippen molar-refractivity contribution < 1.29 is 9.53 Å². The van der Waals surface area contributed by atoms with Gasteiger partial charge < -0.3 is 14.5 Å². The standard InChI is InChI=1S/C24H29ClN4O2S/c1-16-17(2)32-23-21(16)22(26-15-27-23)29-12-9-18(10-13-29)24(30)28(3)11-4-14-31-20-7-5-19(25)6-8-20/h5-8,15,18H,4,9-14H2,1-3H3. The van der Waals surface area contributed by atoms with Gasteiger partial charge in [-0.3, -0.25) is 4.79 Å². The average molecular weight is 473 g/mol. The molecule has 8 heteroatoms. The number of nitrogens with zero attached hydrogens (tertiary/aromatic N) is 4. The van der Waals surface area contributed by atoms with Gasteiger partial charge in [0.15, 0.2) is 0 Å². The molecule has 0 aliphatic carbocycles. The Morgan fingerprint density at radius 2 is 1.94 bits per heavy atom. The molecule has 1 aromatic carbocycles. The number of anilines is 1. The maximum Gasteiger partial charge on any atom is 0.225 e. The lowest BCUT2D eigenvalue weighted by molar-refractivity contribution is -0.134. The van der Waals surface area contributed by atoms with E-state index >= 15 is 0 Å². The first-order chi connectivity index (χ1) is 15.4. The zero-order chi connectivity index (χ0) is 22.7. The molecule has 6 nitrogen and oxygen atoms in total. The Hall–Kier alpha value is -2.38. The van der Waals surface area contributed by atoms with E-state index in [1.54, 1.807) is 17.7 Å². The quantitative estimate of drug-likeness (QED) is 0.447. The molecule has 0 N–H and O–H groups in total. The normalized spacial score (nSPS) is 14.7. The van der Waals surface area contributed by atoms with Crippen LogP contribution in [0.25, 0.3) is 10.2 Å². The summed E-state index contributed by atoms with van der Waals surface area (Å²) >= 11 is 7.61. The minimum absolute atomic E-state index is 0.0658.